The summed E-state index contributed by atoms with van der Waals surface area (Å²) in [7, 11) is 0. The van der Waals surface area contributed by atoms with Crippen LogP contribution in [0.25, 0.3) is 5.69 Å². The number of aromatic nitrogens is 2. The molecule has 0 saturated carbocycles. The summed E-state index contributed by atoms with van der Waals surface area (Å²) in [5.41, 5.74) is 0.595. The fourth-order valence-electron chi connectivity index (χ4n) is 2.05. The number of hydrogen-bond acceptors (Lipinski definition) is 2. The first-order valence-corrected chi connectivity index (χ1v) is 6.89. The van der Waals surface area contributed by atoms with Gasteiger partial charge in [0, 0.05) is 18.9 Å². The molecule has 0 spiro atoms. The van der Waals surface area contributed by atoms with Gasteiger partial charge in [-0.25, -0.2) is 4.98 Å². The molecule has 0 fully saturated rings. The highest BCUT2D eigenvalue weighted by Gasteiger charge is 2.31. The quantitative estimate of drug-likeness (QED) is 0.828. The fourth-order valence-corrected chi connectivity index (χ4v) is 2.05. The van der Waals surface area contributed by atoms with E-state index in [1.807, 2.05) is 0 Å². The van der Waals surface area contributed by atoms with Gasteiger partial charge in [0.25, 0.3) is 0 Å². The number of nitrogens with zero attached hydrogens (tertiary/aromatic N) is 2. The van der Waals surface area contributed by atoms with Crippen LogP contribution in [0, 0.1) is 6.92 Å². The van der Waals surface area contributed by atoms with E-state index >= 15 is 0 Å². The molecule has 0 aliphatic rings. The number of aryl methyl sites for hydroxylation is 1. The Hall–Kier alpha value is -1.98. The molecule has 0 atom stereocenters. The van der Waals surface area contributed by atoms with Gasteiger partial charge >= 0.3 is 6.18 Å². The minimum atomic E-state index is -4.35. The monoisotopic (exact) mass is 297 g/mol. The van der Waals surface area contributed by atoms with E-state index in [0.717, 1.165) is 37.1 Å². The lowest BCUT2D eigenvalue weighted by molar-refractivity contribution is -0.137. The van der Waals surface area contributed by atoms with Gasteiger partial charge in [0.05, 0.1) is 11.3 Å². The normalized spacial score (nSPS) is 11.7. The lowest BCUT2D eigenvalue weighted by atomic mass is 10.1. The van der Waals surface area contributed by atoms with Crippen LogP contribution in [0.15, 0.2) is 30.6 Å². The van der Waals surface area contributed by atoms with E-state index in [0.29, 0.717) is 11.6 Å². The van der Waals surface area contributed by atoms with Crippen molar-refractivity contribution >= 4 is 5.95 Å². The van der Waals surface area contributed by atoms with Crippen molar-refractivity contribution in [3.63, 3.8) is 0 Å². The van der Waals surface area contributed by atoms with E-state index in [9.17, 15) is 13.2 Å². The lowest BCUT2D eigenvalue weighted by Gasteiger charge is -2.14. The van der Waals surface area contributed by atoms with E-state index in [4.69, 9.17) is 0 Å². The number of anilines is 1. The molecular formula is C15H18F3N3. The summed E-state index contributed by atoms with van der Waals surface area (Å²) in [6.45, 7) is 4.60. The second-order valence-corrected chi connectivity index (χ2v) is 4.90. The number of halogens is 3. The van der Waals surface area contributed by atoms with Crippen molar-refractivity contribution in [1.82, 2.24) is 9.55 Å². The molecule has 1 N–H and O–H groups in total. The molecule has 21 heavy (non-hydrogen) atoms. The Morgan fingerprint density at radius 2 is 2.05 bits per heavy atom. The first-order chi connectivity index (χ1) is 9.93. The summed E-state index contributed by atoms with van der Waals surface area (Å²) in [4.78, 5) is 4.17. The summed E-state index contributed by atoms with van der Waals surface area (Å²) < 4.78 is 40.2. The molecule has 1 aromatic heterocycles. The summed E-state index contributed by atoms with van der Waals surface area (Å²) in [5.74, 6) is 0.561. The molecule has 0 radical (unpaired) electrons. The van der Waals surface area contributed by atoms with Gasteiger partial charge < -0.3 is 5.32 Å². The number of unbranched alkanes of at least 4 members (excludes halogenated alkanes) is 1. The van der Waals surface area contributed by atoms with E-state index in [1.54, 1.807) is 23.9 Å². The first-order valence-electron chi connectivity index (χ1n) is 6.89. The molecule has 114 valence electrons. The van der Waals surface area contributed by atoms with Gasteiger partial charge in [-0.2, -0.15) is 13.2 Å². The highest BCUT2D eigenvalue weighted by atomic mass is 19.4. The zero-order valence-corrected chi connectivity index (χ0v) is 12.0. The predicted molar refractivity (Wildman–Crippen MR) is 76.7 cm³/mol. The molecule has 0 unspecified atom stereocenters. The fraction of sp³-hybridized carbons (Fsp3) is 0.400. The van der Waals surface area contributed by atoms with Gasteiger partial charge in [-0.05, 0) is 31.0 Å². The Kier molecular flexibility index (Phi) is 4.55. The van der Waals surface area contributed by atoms with Crippen LogP contribution in [0.4, 0.5) is 19.1 Å². The van der Waals surface area contributed by atoms with Crippen molar-refractivity contribution in [3.8, 4) is 5.69 Å². The standard InChI is InChI=1S/C15H18F3N3/c1-3-4-7-19-14-20-8-9-21(14)13-10-12(15(16,17)18)6-5-11(13)2/h5-6,8-10H,3-4,7H2,1-2H3,(H,19,20). The Morgan fingerprint density at radius 1 is 1.29 bits per heavy atom. The second kappa shape index (κ2) is 6.20. The Labute approximate surface area is 121 Å². The van der Waals surface area contributed by atoms with Crippen LogP contribution in [-0.4, -0.2) is 16.1 Å². The lowest BCUT2D eigenvalue weighted by Crippen LogP contribution is -2.10. The van der Waals surface area contributed by atoms with Crippen LogP contribution >= 0.6 is 0 Å². The summed E-state index contributed by atoms with van der Waals surface area (Å²) >= 11 is 0. The van der Waals surface area contributed by atoms with Crippen LogP contribution < -0.4 is 5.32 Å². The van der Waals surface area contributed by atoms with Crippen molar-refractivity contribution in [3.05, 3.63) is 41.7 Å². The van der Waals surface area contributed by atoms with Gasteiger partial charge in [-0.3, -0.25) is 4.57 Å². The molecular weight excluding hydrogens is 279 g/mol. The number of nitrogens with one attached hydrogen (secondary N) is 1. The van der Waals surface area contributed by atoms with Crippen molar-refractivity contribution in [2.24, 2.45) is 0 Å². The molecule has 0 aliphatic heterocycles. The number of imidazole rings is 1. The average Bonchev–Trinajstić information content (AvgIpc) is 2.86. The van der Waals surface area contributed by atoms with Crippen LogP contribution in [0.3, 0.4) is 0 Å². The molecule has 6 heteroatoms. The van der Waals surface area contributed by atoms with Crippen molar-refractivity contribution < 1.29 is 13.2 Å². The Balaban J connectivity index is 2.36. The summed E-state index contributed by atoms with van der Waals surface area (Å²) in [6, 6.07) is 3.73. The van der Waals surface area contributed by atoms with Crippen LogP contribution in [0.1, 0.15) is 30.9 Å². The summed E-state index contributed by atoms with van der Waals surface area (Å²) in [6.07, 6.45) is 0.911. The van der Waals surface area contributed by atoms with Crippen molar-refractivity contribution in [2.75, 3.05) is 11.9 Å². The molecule has 2 aromatic rings. The average molecular weight is 297 g/mol. The van der Waals surface area contributed by atoms with E-state index < -0.39 is 11.7 Å². The maximum Gasteiger partial charge on any atom is 0.416 e. The molecule has 1 aromatic carbocycles. The van der Waals surface area contributed by atoms with E-state index in [-0.39, 0.29) is 0 Å². The topological polar surface area (TPSA) is 29.9 Å². The summed E-state index contributed by atoms with van der Waals surface area (Å²) in [5, 5.41) is 3.15. The number of benzene rings is 1. The minimum absolute atomic E-state index is 0.487. The van der Waals surface area contributed by atoms with Crippen molar-refractivity contribution in [1.29, 1.82) is 0 Å². The van der Waals surface area contributed by atoms with Gasteiger partial charge in [0.15, 0.2) is 0 Å². The highest BCUT2D eigenvalue weighted by molar-refractivity contribution is 5.49. The minimum Gasteiger partial charge on any atom is -0.355 e. The molecule has 0 aliphatic carbocycles. The van der Waals surface area contributed by atoms with E-state index in [1.165, 1.54) is 6.07 Å². The van der Waals surface area contributed by atoms with Crippen LogP contribution in [0.2, 0.25) is 0 Å². The largest absolute Gasteiger partial charge is 0.416 e. The third-order valence-corrected chi connectivity index (χ3v) is 3.25. The molecule has 3 nitrogen and oxygen atoms in total. The molecule has 0 amide bonds. The molecule has 0 saturated heterocycles. The van der Waals surface area contributed by atoms with E-state index in [2.05, 4.69) is 17.2 Å². The number of hydrogen-bond donors (Lipinski definition) is 1. The number of rotatable bonds is 5. The smallest absolute Gasteiger partial charge is 0.355 e. The predicted octanol–water partition coefficient (Wildman–Crippen LogP) is 4.41. The Bertz CT molecular complexity index is 602. The maximum atomic E-state index is 12.8. The van der Waals surface area contributed by atoms with Crippen LogP contribution in [-0.2, 0) is 6.18 Å². The first kappa shape index (κ1) is 15.4. The van der Waals surface area contributed by atoms with Gasteiger partial charge in [-0.1, -0.05) is 19.4 Å². The van der Waals surface area contributed by atoms with Gasteiger partial charge in [-0.15, -0.1) is 0 Å². The third-order valence-electron chi connectivity index (χ3n) is 3.25. The van der Waals surface area contributed by atoms with Gasteiger partial charge in [0.2, 0.25) is 5.95 Å². The molecule has 0 bridgehead atoms. The Morgan fingerprint density at radius 3 is 2.71 bits per heavy atom. The van der Waals surface area contributed by atoms with Crippen LogP contribution in [0.5, 0.6) is 0 Å². The zero-order valence-electron chi connectivity index (χ0n) is 12.0. The third kappa shape index (κ3) is 3.56. The molecule has 1 heterocycles. The molecule has 2 rings (SSSR count). The van der Waals surface area contributed by atoms with Gasteiger partial charge in [0.1, 0.15) is 0 Å². The maximum absolute atomic E-state index is 12.8. The highest BCUT2D eigenvalue weighted by Crippen LogP contribution is 2.32. The number of alkyl halides is 3. The second-order valence-electron chi connectivity index (χ2n) is 4.90. The SMILES string of the molecule is CCCCNc1nccn1-c1cc(C(F)(F)F)ccc1C. The zero-order chi connectivity index (χ0) is 15.5. The van der Waals surface area contributed by atoms with Crippen molar-refractivity contribution in [2.45, 2.75) is 32.9 Å².